The van der Waals surface area contributed by atoms with Crippen LogP contribution in [0.5, 0.6) is 0 Å². The Balaban J connectivity index is 1.85. The number of unbranched alkanes of at least 4 members (excludes halogenated alkanes) is 2. The van der Waals surface area contributed by atoms with E-state index in [1.807, 2.05) is 6.92 Å². The van der Waals surface area contributed by atoms with E-state index in [0.29, 0.717) is 22.8 Å². The molecule has 1 amide bonds. The molecule has 4 fully saturated rings. The zero-order valence-electron chi connectivity index (χ0n) is 14.7. The molecule has 22 heavy (non-hydrogen) atoms. The maximum atomic E-state index is 12.4. The third-order valence-corrected chi connectivity index (χ3v) is 6.88. The van der Waals surface area contributed by atoms with Gasteiger partial charge < -0.3 is 5.32 Å². The van der Waals surface area contributed by atoms with E-state index in [4.69, 9.17) is 0 Å². The van der Waals surface area contributed by atoms with Crippen molar-refractivity contribution >= 4 is 5.91 Å². The minimum atomic E-state index is 0.0711. The Hall–Kier alpha value is -0.790. The number of carbonyl (C=O) groups excluding carboxylic acids is 1. The molecule has 0 saturated heterocycles. The average Bonchev–Trinajstić information content (AvgIpc) is 2.42. The fourth-order valence-corrected chi connectivity index (χ4v) is 6.15. The van der Waals surface area contributed by atoms with Gasteiger partial charge in [0.15, 0.2) is 0 Å². The molecule has 0 spiro atoms. The molecule has 0 radical (unpaired) electrons. The molecule has 124 valence electrons. The molecular weight excluding hydrogens is 270 g/mol. The fourth-order valence-electron chi connectivity index (χ4n) is 6.15. The predicted molar refractivity (Wildman–Crippen MR) is 91.5 cm³/mol. The molecule has 4 rings (SSSR count). The third kappa shape index (κ3) is 2.63. The molecule has 0 heterocycles. The molecule has 0 aromatic carbocycles. The summed E-state index contributed by atoms with van der Waals surface area (Å²) in [5.41, 5.74) is 1.29. The van der Waals surface area contributed by atoms with Gasteiger partial charge in [0.05, 0.1) is 0 Å². The molecule has 2 nitrogen and oxygen atoms in total. The van der Waals surface area contributed by atoms with Gasteiger partial charge in [0, 0.05) is 11.1 Å². The van der Waals surface area contributed by atoms with Crippen LogP contribution >= 0.6 is 0 Å². The molecule has 1 N–H and O–H groups in total. The van der Waals surface area contributed by atoms with E-state index in [9.17, 15) is 4.79 Å². The van der Waals surface area contributed by atoms with E-state index in [2.05, 4.69) is 25.7 Å². The van der Waals surface area contributed by atoms with Crippen LogP contribution in [-0.2, 0) is 4.79 Å². The highest BCUT2D eigenvalue weighted by Crippen LogP contribution is 2.64. The maximum absolute atomic E-state index is 12.4. The van der Waals surface area contributed by atoms with Gasteiger partial charge in [-0.2, -0.15) is 0 Å². The first-order valence-electron chi connectivity index (χ1n) is 9.36. The standard InChI is InChI=1S/C20H33NO/c1-5-6-7-8-20(21-18(22)14(2)3)16-9-15-10-17(20)13-19(4,11-15)12-16/h15-17H,2,5-13H2,1,3-4H3,(H,21,22). The first-order valence-corrected chi connectivity index (χ1v) is 9.36. The summed E-state index contributed by atoms with van der Waals surface area (Å²) in [5.74, 6) is 2.41. The van der Waals surface area contributed by atoms with E-state index >= 15 is 0 Å². The van der Waals surface area contributed by atoms with E-state index in [1.54, 1.807) is 0 Å². The molecule has 2 unspecified atom stereocenters. The monoisotopic (exact) mass is 303 g/mol. The second kappa shape index (κ2) is 5.69. The lowest BCUT2D eigenvalue weighted by Crippen LogP contribution is -2.67. The lowest BCUT2D eigenvalue weighted by Gasteiger charge is -2.65. The highest BCUT2D eigenvalue weighted by Gasteiger charge is 2.60. The normalized spacial score (nSPS) is 42.4. The van der Waals surface area contributed by atoms with Gasteiger partial charge in [0.2, 0.25) is 5.91 Å². The lowest BCUT2D eigenvalue weighted by molar-refractivity contribution is -0.139. The molecule has 4 aliphatic rings. The van der Waals surface area contributed by atoms with Gasteiger partial charge in [0.25, 0.3) is 0 Å². The number of amides is 1. The van der Waals surface area contributed by atoms with Crippen LogP contribution < -0.4 is 5.32 Å². The van der Waals surface area contributed by atoms with Gasteiger partial charge in [-0.15, -0.1) is 0 Å². The van der Waals surface area contributed by atoms with Crippen LogP contribution in [0.15, 0.2) is 12.2 Å². The Morgan fingerprint density at radius 1 is 1.18 bits per heavy atom. The molecule has 4 aliphatic carbocycles. The Labute approximate surface area is 136 Å². The van der Waals surface area contributed by atoms with Crippen molar-refractivity contribution in [3.8, 4) is 0 Å². The summed E-state index contributed by atoms with van der Waals surface area (Å²) in [6.07, 6.45) is 11.7. The fraction of sp³-hybridized carbons (Fsp3) is 0.850. The van der Waals surface area contributed by atoms with Crippen molar-refractivity contribution in [2.24, 2.45) is 23.2 Å². The topological polar surface area (TPSA) is 29.1 Å². The second-order valence-corrected chi connectivity index (χ2v) is 8.89. The van der Waals surface area contributed by atoms with Gasteiger partial charge in [-0.3, -0.25) is 4.79 Å². The molecular formula is C20H33NO. The van der Waals surface area contributed by atoms with Crippen molar-refractivity contribution in [3.63, 3.8) is 0 Å². The van der Waals surface area contributed by atoms with Crippen molar-refractivity contribution in [3.05, 3.63) is 12.2 Å². The van der Waals surface area contributed by atoms with Gasteiger partial charge in [0.1, 0.15) is 0 Å². The molecule has 0 aromatic rings. The first kappa shape index (κ1) is 16.1. The molecule has 0 aliphatic heterocycles. The summed E-state index contributed by atoms with van der Waals surface area (Å²) < 4.78 is 0. The summed E-state index contributed by atoms with van der Waals surface area (Å²) in [6, 6.07) is 0. The quantitative estimate of drug-likeness (QED) is 0.552. The van der Waals surface area contributed by atoms with Crippen LogP contribution in [0, 0.1) is 23.2 Å². The summed E-state index contributed by atoms with van der Waals surface area (Å²) in [7, 11) is 0. The van der Waals surface area contributed by atoms with Crippen molar-refractivity contribution in [1.29, 1.82) is 0 Å². The molecule has 2 heteroatoms. The number of nitrogens with one attached hydrogen (secondary N) is 1. The minimum Gasteiger partial charge on any atom is -0.346 e. The molecule has 4 bridgehead atoms. The Morgan fingerprint density at radius 3 is 2.32 bits per heavy atom. The van der Waals surface area contributed by atoms with Crippen molar-refractivity contribution in [2.75, 3.05) is 0 Å². The minimum absolute atomic E-state index is 0.0711. The van der Waals surface area contributed by atoms with Gasteiger partial charge in [-0.1, -0.05) is 39.7 Å². The van der Waals surface area contributed by atoms with Crippen LogP contribution in [0.4, 0.5) is 0 Å². The molecule has 4 saturated carbocycles. The second-order valence-electron chi connectivity index (χ2n) is 8.89. The number of carbonyl (C=O) groups is 1. The maximum Gasteiger partial charge on any atom is 0.246 e. The van der Waals surface area contributed by atoms with E-state index in [1.165, 1.54) is 57.8 Å². The van der Waals surface area contributed by atoms with Crippen LogP contribution in [-0.4, -0.2) is 11.4 Å². The molecule has 0 aromatic heterocycles. The SMILES string of the molecule is C=C(C)C(=O)NC1(CCCCC)C2CC3CC1CC(C)(C3)C2. The van der Waals surface area contributed by atoms with E-state index in [-0.39, 0.29) is 11.4 Å². The van der Waals surface area contributed by atoms with Crippen molar-refractivity contribution in [1.82, 2.24) is 5.32 Å². The summed E-state index contributed by atoms with van der Waals surface area (Å²) in [5, 5.41) is 3.51. The van der Waals surface area contributed by atoms with Crippen molar-refractivity contribution in [2.45, 2.75) is 84.1 Å². The van der Waals surface area contributed by atoms with E-state index in [0.717, 1.165) is 5.92 Å². The van der Waals surface area contributed by atoms with Gasteiger partial charge >= 0.3 is 0 Å². The highest BCUT2D eigenvalue weighted by molar-refractivity contribution is 5.92. The highest BCUT2D eigenvalue weighted by atomic mass is 16.1. The smallest absolute Gasteiger partial charge is 0.246 e. The van der Waals surface area contributed by atoms with Crippen LogP contribution in [0.3, 0.4) is 0 Å². The Morgan fingerprint density at radius 2 is 1.82 bits per heavy atom. The summed E-state index contributed by atoms with van der Waals surface area (Å²) in [6.45, 7) is 10.5. The predicted octanol–water partition coefficient (Wildman–Crippen LogP) is 4.84. The van der Waals surface area contributed by atoms with Crippen molar-refractivity contribution < 1.29 is 4.79 Å². The zero-order valence-corrected chi connectivity index (χ0v) is 14.7. The third-order valence-electron chi connectivity index (χ3n) is 6.88. The van der Waals surface area contributed by atoms with Crippen LogP contribution in [0.25, 0.3) is 0 Å². The number of rotatable bonds is 6. The number of hydrogen-bond donors (Lipinski definition) is 1. The Kier molecular flexibility index (Phi) is 4.16. The lowest BCUT2D eigenvalue weighted by atomic mass is 9.43. The van der Waals surface area contributed by atoms with E-state index < -0.39 is 0 Å². The summed E-state index contributed by atoms with van der Waals surface area (Å²) >= 11 is 0. The number of hydrogen-bond acceptors (Lipinski definition) is 1. The molecule has 2 atom stereocenters. The van der Waals surface area contributed by atoms with Gasteiger partial charge in [-0.05, 0) is 68.6 Å². The Bertz CT molecular complexity index is 450. The average molecular weight is 303 g/mol. The zero-order chi connectivity index (χ0) is 16.0. The summed E-state index contributed by atoms with van der Waals surface area (Å²) in [4.78, 5) is 12.4. The van der Waals surface area contributed by atoms with Crippen LogP contribution in [0.2, 0.25) is 0 Å². The first-order chi connectivity index (χ1) is 10.4. The van der Waals surface area contributed by atoms with Gasteiger partial charge in [-0.25, -0.2) is 0 Å². The van der Waals surface area contributed by atoms with Crippen LogP contribution in [0.1, 0.15) is 78.6 Å². The largest absolute Gasteiger partial charge is 0.346 e.